The molecule has 3 heterocycles. The van der Waals surface area contributed by atoms with Crippen LogP contribution in [0.2, 0.25) is 0 Å². The summed E-state index contributed by atoms with van der Waals surface area (Å²) in [5.41, 5.74) is 3.69. The highest BCUT2D eigenvalue weighted by Gasteiger charge is 2.94. The molecule has 2 fully saturated rings. The van der Waals surface area contributed by atoms with Crippen molar-refractivity contribution < 1.29 is 9.47 Å². The SMILES string of the molecule is C[C@@H]1CO[C@]2(N=C(N)[C@@]3(C#N)[C@@H](c4cccs4)[C@@]23C#N)O1. The van der Waals surface area contributed by atoms with Gasteiger partial charge in [0.15, 0.2) is 10.8 Å². The van der Waals surface area contributed by atoms with Crippen LogP contribution in [0.4, 0.5) is 0 Å². The van der Waals surface area contributed by atoms with Crippen molar-refractivity contribution in [1.82, 2.24) is 0 Å². The molecule has 1 aromatic heterocycles. The maximum atomic E-state index is 9.88. The average Bonchev–Trinajstić information content (AvgIpc) is 2.87. The molecule has 7 heteroatoms. The Morgan fingerprint density at radius 2 is 2.29 bits per heavy atom. The lowest BCUT2D eigenvalue weighted by atomic mass is 9.94. The van der Waals surface area contributed by atoms with Crippen LogP contribution in [0, 0.1) is 33.5 Å². The second-order valence-electron chi connectivity index (χ2n) is 5.61. The summed E-state index contributed by atoms with van der Waals surface area (Å²) in [5, 5.41) is 21.5. The van der Waals surface area contributed by atoms with Crippen molar-refractivity contribution in [3.05, 3.63) is 22.4 Å². The van der Waals surface area contributed by atoms with E-state index >= 15 is 0 Å². The number of aliphatic imine (C=N–C) groups is 1. The number of rotatable bonds is 1. The first-order valence-electron chi connectivity index (χ1n) is 6.61. The second kappa shape index (κ2) is 3.63. The maximum Gasteiger partial charge on any atom is 0.293 e. The van der Waals surface area contributed by atoms with Gasteiger partial charge in [-0.2, -0.15) is 10.5 Å². The first-order chi connectivity index (χ1) is 10.1. The van der Waals surface area contributed by atoms with Crippen molar-refractivity contribution in [1.29, 1.82) is 10.5 Å². The first-order valence-corrected chi connectivity index (χ1v) is 7.49. The molecular formula is C14H12N4O2S. The molecule has 6 nitrogen and oxygen atoms in total. The van der Waals surface area contributed by atoms with Gasteiger partial charge in [-0.15, -0.1) is 11.3 Å². The number of nitriles is 2. The Labute approximate surface area is 125 Å². The zero-order chi connectivity index (χ0) is 14.9. The summed E-state index contributed by atoms with van der Waals surface area (Å²) in [7, 11) is 0. The van der Waals surface area contributed by atoms with Crippen LogP contribution in [0.15, 0.2) is 22.5 Å². The predicted octanol–water partition coefficient (Wildman–Crippen LogP) is 1.33. The van der Waals surface area contributed by atoms with E-state index in [0.717, 1.165) is 4.88 Å². The number of hydrogen-bond acceptors (Lipinski definition) is 7. The number of hydrogen-bond donors (Lipinski definition) is 1. The first kappa shape index (κ1) is 12.8. The predicted molar refractivity (Wildman–Crippen MR) is 74.0 cm³/mol. The molecule has 0 radical (unpaired) electrons. The van der Waals surface area contributed by atoms with Crippen molar-refractivity contribution in [2.75, 3.05) is 6.61 Å². The Hall–Kier alpha value is -1.93. The molecule has 2 N–H and O–H groups in total. The standard InChI is InChI=1S/C14H12N4O2S/c1-8-5-19-14(20-8)13(7-16)10(9-3-2-4-21-9)12(13,6-15)11(17)18-14/h2-4,8,10H,5H2,1H3,(H2,17,18)/t8-,10-,12-,13-,14+/m1/s1. The quantitative estimate of drug-likeness (QED) is 0.842. The van der Waals surface area contributed by atoms with E-state index in [4.69, 9.17) is 15.2 Å². The highest BCUT2D eigenvalue weighted by atomic mass is 32.1. The molecule has 1 saturated heterocycles. The lowest BCUT2D eigenvalue weighted by Crippen LogP contribution is -2.39. The van der Waals surface area contributed by atoms with Crippen molar-refractivity contribution in [2.45, 2.75) is 24.9 Å². The molecule has 4 rings (SSSR count). The van der Waals surface area contributed by atoms with Crippen molar-refractivity contribution in [2.24, 2.45) is 21.6 Å². The second-order valence-corrected chi connectivity index (χ2v) is 6.59. The molecule has 0 bridgehead atoms. The molecule has 21 heavy (non-hydrogen) atoms. The lowest BCUT2D eigenvalue weighted by Gasteiger charge is -2.26. The molecular weight excluding hydrogens is 288 g/mol. The topological polar surface area (TPSA) is 104 Å². The molecule has 1 saturated carbocycles. The van der Waals surface area contributed by atoms with E-state index < -0.39 is 16.7 Å². The number of nitrogens with two attached hydrogens (primary N) is 1. The van der Waals surface area contributed by atoms with E-state index in [9.17, 15) is 10.5 Å². The van der Waals surface area contributed by atoms with Gasteiger partial charge < -0.3 is 15.2 Å². The van der Waals surface area contributed by atoms with Gasteiger partial charge in [0.05, 0.1) is 24.8 Å². The maximum absolute atomic E-state index is 9.88. The summed E-state index contributed by atoms with van der Waals surface area (Å²) < 4.78 is 11.6. The smallest absolute Gasteiger partial charge is 0.293 e. The normalized spacial score (nSPS) is 46.7. The van der Waals surface area contributed by atoms with Crippen molar-refractivity contribution in [3.8, 4) is 12.1 Å². The zero-order valence-electron chi connectivity index (χ0n) is 11.2. The van der Waals surface area contributed by atoms with E-state index in [2.05, 4.69) is 17.1 Å². The summed E-state index contributed by atoms with van der Waals surface area (Å²) in [6, 6.07) is 8.30. The van der Waals surface area contributed by atoms with Gasteiger partial charge in [0.1, 0.15) is 5.84 Å². The number of amidine groups is 1. The van der Waals surface area contributed by atoms with Crippen LogP contribution in [0.25, 0.3) is 0 Å². The van der Waals surface area contributed by atoms with Crippen LogP contribution in [0.5, 0.6) is 0 Å². The van der Waals surface area contributed by atoms with Gasteiger partial charge >= 0.3 is 0 Å². The van der Waals surface area contributed by atoms with Gasteiger partial charge in [0, 0.05) is 10.8 Å². The molecule has 1 spiro atoms. The fourth-order valence-corrected chi connectivity index (χ4v) is 4.70. The summed E-state index contributed by atoms with van der Waals surface area (Å²) in [5.74, 6) is -1.67. The van der Waals surface area contributed by atoms with Crippen molar-refractivity contribution >= 4 is 17.2 Å². The van der Waals surface area contributed by atoms with Crippen LogP contribution in [-0.2, 0) is 9.47 Å². The summed E-state index contributed by atoms with van der Waals surface area (Å²) in [6.07, 6.45) is -0.189. The average molecular weight is 300 g/mol. The minimum Gasteiger partial charge on any atom is -0.386 e. The van der Waals surface area contributed by atoms with Crippen LogP contribution >= 0.6 is 11.3 Å². The molecule has 106 valence electrons. The molecule has 5 atom stereocenters. The van der Waals surface area contributed by atoms with Crippen LogP contribution in [0.1, 0.15) is 17.7 Å². The molecule has 1 aliphatic carbocycles. The zero-order valence-corrected chi connectivity index (χ0v) is 12.1. The van der Waals surface area contributed by atoms with Crippen LogP contribution in [0.3, 0.4) is 0 Å². The highest BCUT2D eigenvalue weighted by Crippen LogP contribution is 2.82. The molecule has 0 unspecified atom stereocenters. The molecule has 0 amide bonds. The van der Waals surface area contributed by atoms with Gasteiger partial charge in [-0.05, 0) is 18.4 Å². The highest BCUT2D eigenvalue weighted by molar-refractivity contribution is 7.10. The van der Waals surface area contributed by atoms with E-state index in [1.807, 2.05) is 24.4 Å². The van der Waals surface area contributed by atoms with E-state index in [1.165, 1.54) is 11.3 Å². The fraction of sp³-hybridized carbons (Fsp3) is 0.500. The Morgan fingerprint density at radius 3 is 2.81 bits per heavy atom. The van der Waals surface area contributed by atoms with E-state index in [-0.39, 0.29) is 17.9 Å². The third kappa shape index (κ3) is 1.10. The largest absolute Gasteiger partial charge is 0.386 e. The molecule has 0 aromatic carbocycles. The van der Waals surface area contributed by atoms with Crippen LogP contribution in [-0.4, -0.2) is 24.5 Å². The third-order valence-corrected chi connectivity index (χ3v) is 5.57. The number of ether oxygens (including phenoxy) is 2. The third-order valence-electron chi connectivity index (χ3n) is 4.63. The summed E-state index contributed by atoms with van der Waals surface area (Å²) in [6.45, 7) is 2.18. The van der Waals surface area contributed by atoms with Gasteiger partial charge in [-0.25, -0.2) is 4.99 Å². The number of fused-ring (bicyclic) bond motifs is 2. The van der Waals surface area contributed by atoms with Gasteiger partial charge in [0.25, 0.3) is 5.91 Å². The number of thiophene rings is 1. The van der Waals surface area contributed by atoms with Gasteiger partial charge in [-0.1, -0.05) is 6.07 Å². The van der Waals surface area contributed by atoms with E-state index in [1.54, 1.807) is 0 Å². The van der Waals surface area contributed by atoms with E-state index in [0.29, 0.717) is 6.61 Å². The molecule has 3 aliphatic rings. The Kier molecular flexibility index (Phi) is 2.21. The summed E-state index contributed by atoms with van der Waals surface area (Å²) in [4.78, 5) is 5.19. The number of nitrogens with zero attached hydrogens (tertiary/aromatic N) is 3. The minimum absolute atomic E-state index is 0.138. The molecule has 2 aliphatic heterocycles. The fourth-order valence-electron chi connectivity index (χ4n) is 3.74. The monoisotopic (exact) mass is 300 g/mol. The van der Waals surface area contributed by atoms with Crippen LogP contribution < -0.4 is 5.73 Å². The Balaban J connectivity index is 1.94. The Bertz CT molecular complexity index is 733. The summed E-state index contributed by atoms with van der Waals surface area (Å²) >= 11 is 1.50. The van der Waals surface area contributed by atoms with Gasteiger partial charge in [-0.3, -0.25) is 0 Å². The minimum atomic E-state index is -1.45. The van der Waals surface area contributed by atoms with Gasteiger partial charge in [0.2, 0.25) is 0 Å². The lowest BCUT2D eigenvalue weighted by molar-refractivity contribution is -0.193. The Morgan fingerprint density at radius 1 is 1.48 bits per heavy atom. The van der Waals surface area contributed by atoms with Crippen molar-refractivity contribution in [3.63, 3.8) is 0 Å². The molecule has 1 aromatic rings.